The van der Waals surface area contributed by atoms with Crippen LogP contribution in [0.5, 0.6) is 0 Å². The van der Waals surface area contributed by atoms with Crippen LogP contribution in [0.2, 0.25) is 0 Å². The normalized spacial score (nSPS) is 12.2. The van der Waals surface area contributed by atoms with E-state index in [9.17, 15) is 0 Å². The molecule has 2 nitrogen and oxygen atoms in total. The number of aromatic nitrogens is 1. The molecular weight excluding hydrogens is 655 g/mol. The van der Waals surface area contributed by atoms with Gasteiger partial charge in [-0.25, -0.2) is 0 Å². The van der Waals surface area contributed by atoms with E-state index in [1.54, 1.807) is 0 Å². The lowest BCUT2D eigenvalue weighted by Gasteiger charge is -2.20. The van der Waals surface area contributed by atoms with E-state index in [0.717, 1.165) is 52.4 Å². The number of hydrogen-bond acceptors (Lipinski definition) is 1. The van der Waals surface area contributed by atoms with Crippen molar-refractivity contribution in [2.24, 2.45) is 0 Å². The molecule has 8 aromatic carbocycles. The van der Waals surface area contributed by atoms with Crippen LogP contribution < -0.4 is 0 Å². The van der Waals surface area contributed by atoms with Crippen molar-refractivity contribution in [2.75, 3.05) is 0 Å². The van der Waals surface area contributed by atoms with Gasteiger partial charge >= 0.3 is 0 Å². The summed E-state index contributed by atoms with van der Waals surface area (Å²) in [6.45, 7) is 0. The van der Waals surface area contributed by atoms with Crippen molar-refractivity contribution in [3.8, 4) is 27.9 Å². The second-order valence-electron chi connectivity index (χ2n) is 14.4. The molecule has 2 heterocycles. The topological polar surface area (TPSA) is 18.1 Å². The first-order valence-electron chi connectivity index (χ1n) is 19.0. The van der Waals surface area contributed by atoms with Crippen LogP contribution in [0.3, 0.4) is 0 Å². The van der Waals surface area contributed by atoms with E-state index in [1.807, 2.05) is 0 Å². The van der Waals surface area contributed by atoms with Crippen molar-refractivity contribution in [3.63, 3.8) is 0 Å². The molecule has 0 aliphatic carbocycles. The fourth-order valence-electron chi connectivity index (χ4n) is 8.55. The van der Waals surface area contributed by atoms with Crippen molar-refractivity contribution >= 4 is 43.7 Å². The Morgan fingerprint density at radius 2 is 1.11 bits per heavy atom. The maximum absolute atomic E-state index is 6.69. The van der Waals surface area contributed by atoms with E-state index in [4.69, 9.17) is 4.42 Å². The third-order valence-electron chi connectivity index (χ3n) is 11.1. The summed E-state index contributed by atoms with van der Waals surface area (Å²) in [5.74, 6) is 0.354. The van der Waals surface area contributed by atoms with Gasteiger partial charge in [0.05, 0.1) is 11.0 Å². The van der Waals surface area contributed by atoms with E-state index in [0.29, 0.717) is 5.92 Å². The quantitative estimate of drug-likeness (QED) is 0.147. The number of aryl methyl sites for hydroxylation is 1. The molecule has 10 rings (SSSR count). The Balaban J connectivity index is 1.23. The van der Waals surface area contributed by atoms with Gasteiger partial charge in [0, 0.05) is 38.9 Å². The Labute approximate surface area is 315 Å². The summed E-state index contributed by atoms with van der Waals surface area (Å²) in [5, 5.41) is 4.76. The van der Waals surface area contributed by atoms with E-state index >= 15 is 0 Å². The standard InChI is InChI=1S/C52H39NO/c1-5-16-36(17-6-1)28-29-41(32-37-18-7-2-8-19-37)40-24-15-25-43(33-40)53-46-31-30-42(38-20-9-3-10-21-38)34-45(46)51-47(53)35-49-52(44-26-13-14-27-48(44)54-49)50(51)39-22-11-4-12-23-39/h1-27,30-31,33-35,41H,28-29,32H2. The monoisotopic (exact) mass is 693 g/mol. The SMILES string of the molecule is c1ccc(CCC(Cc2ccccc2)c2cccc(-n3c4ccc(-c5ccccc5)cc4c4c(-c5ccccc5)c5c(cc43)oc3ccccc35)c2)cc1. The Morgan fingerprint density at radius 1 is 0.444 bits per heavy atom. The van der Waals surface area contributed by atoms with Gasteiger partial charge < -0.3 is 8.98 Å². The molecule has 1 atom stereocenters. The average molecular weight is 694 g/mol. The maximum Gasteiger partial charge on any atom is 0.138 e. The fourth-order valence-corrected chi connectivity index (χ4v) is 8.55. The van der Waals surface area contributed by atoms with E-state index in [-0.39, 0.29) is 0 Å². The largest absolute Gasteiger partial charge is 0.456 e. The molecule has 0 N–H and O–H groups in total. The number of benzene rings is 8. The maximum atomic E-state index is 6.69. The molecule has 0 amide bonds. The number of fused-ring (bicyclic) bond motifs is 6. The second kappa shape index (κ2) is 13.7. The molecule has 1 unspecified atom stereocenters. The van der Waals surface area contributed by atoms with Gasteiger partial charge in [0.15, 0.2) is 0 Å². The molecule has 0 saturated heterocycles. The summed E-state index contributed by atoms with van der Waals surface area (Å²) in [7, 11) is 0. The Hall–Kier alpha value is -6.64. The van der Waals surface area contributed by atoms with Gasteiger partial charge in [0.25, 0.3) is 0 Å². The Morgan fingerprint density at radius 3 is 1.87 bits per heavy atom. The van der Waals surface area contributed by atoms with Crippen molar-refractivity contribution in [1.82, 2.24) is 4.57 Å². The molecule has 0 spiro atoms. The predicted octanol–water partition coefficient (Wildman–Crippen LogP) is 14.0. The lowest BCUT2D eigenvalue weighted by atomic mass is 9.87. The zero-order valence-electron chi connectivity index (χ0n) is 30.0. The van der Waals surface area contributed by atoms with Gasteiger partial charge in [-0.1, -0.05) is 158 Å². The van der Waals surface area contributed by atoms with Crippen molar-refractivity contribution < 1.29 is 4.42 Å². The lowest BCUT2D eigenvalue weighted by Crippen LogP contribution is -2.06. The first-order valence-corrected chi connectivity index (χ1v) is 19.0. The zero-order valence-corrected chi connectivity index (χ0v) is 30.0. The fraction of sp³-hybridized carbons (Fsp3) is 0.0769. The highest BCUT2D eigenvalue weighted by molar-refractivity contribution is 6.27. The Kier molecular flexibility index (Phi) is 8.15. The minimum absolute atomic E-state index is 0.354. The first-order chi connectivity index (χ1) is 26.8. The molecule has 0 radical (unpaired) electrons. The molecule has 258 valence electrons. The molecule has 2 aromatic heterocycles. The molecular formula is C52H39NO. The van der Waals surface area contributed by atoms with Gasteiger partial charge in [-0.15, -0.1) is 0 Å². The van der Waals surface area contributed by atoms with Crippen molar-refractivity contribution in [1.29, 1.82) is 0 Å². The zero-order chi connectivity index (χ0) is 35.8. The molecule has 0 saturated carbocycles. The van der Waals surface area contributed by atoms with E-state index < -0.39 is 0 Å². The van der Waals surface area contributed by atoms with Crippen molar-refractivity contribution in [2.45, 2.75) is 25.2 Å². The summed E-state index contributed by atoms with van der Waals surface area (Å²) in [6.07, 6.45) is 3.08. The van der Waals surface area contributed by atoms with Crippen LogP contribution in [0.15, 0.2) is 199 Å². The molecule has 0 fully saturated rings. The van der Waals surface area contributed by atoms with Crippen LogP contribution in [0, 0.1) is 0 Å². The smallest absolute Gasteiger partial charge is 0.138 e. The molecule has 0 aliphatic heterocycles. The van der Waals surface area contributed by atoms with Crippen LogP contribution in [-0.4, -0.2) is 4.57 Å². The predicted molar refractivity (Wildman–Crippen MR) is 227 cm³/mol. The Bertz CT molecular complexity index is 2890. The summed E-state index contributed by atoms with van der Waals surface area (Å²) in [4.78, 5) is 0. The molecule has 2 heteroatoms. The van der Waals surface area contributed by atoms with Gasteiger partial charge in [-0.3, -0.25) is 0 Å². The highest BCUT2D eigenvalue weighted by Crippen LogP contribution is 2.47. The van der Waals surface area contributed by atoms with E-state index in [1.165, 1.54) is 55.2 Å². The van der Waals surface area contributed by atoms with Crippen LogP contribution in [0.25, 0.3) is 71.7 Å². The third kappa shape index (κ3) is 5.77. The van der Waals surface area contributed by atoms with Gasteiger partial charge in [-0.05, 0) is 88.9 Å². The highest BCUT2D eigenvalue weighted by atomic mass is 16.3. The van der Waals surface area contributed by atoms with Crippen LogP contribution >= 0.6 is 0 Å². The van der Waals surface area contributed by atoms with Crippen LogP contribution in [0.4, 0.5) is 0 Å². The minimum atomic E-state index is 0.354. The highest BCUT2D eigenvalue weighted by Gasteiger charge is 2.24. The number of hydrogen-bond donors (Lipinski definition) is 0. The summed E-state index contributed by atoms with van der Waals surface area (Å²) >= 11 is 0. The van der Waals surface area contributed by atoms with Crippen molar-refractivity contribution in [3.05, 3.63) is 211 Å². The van der Waals surface area contributed by atoms with Gasteiger partial charge in [-0.2, -0.15) is 0 Å². The number of rotatable bonds is 9. The molecule has 54 heavy (non-hydrogen) atoms. The average Bonchev–Trinajstić information content (AvgIpc) is 3.78. The summed E-state index contributed by atoms with van der Waals surface area (Å²) < 4.78 is 9.16. The molecule has 10 aromatic rings. The first kappa shape index (κ1) is 32.0. The summed E-state index contributed by atoms with van der Waals surface area (Å²) in [5.41, 5.74) is 14.2. The van der Waals surface area contributed by atoms with Crippen LogP contribution in [0.1, 0.15) is 29.0 Å². The lowest BCUT2D eigenvalue weighted by molar-refractivity contribution is 0.621. The van der Waals surface area contributed by atoms with Crippen LogP contribution in [-0.2, 0) is 12.8 Å². The molecule has 0 bridgehead atoms. The van der Waals surface area contributed by atoms with Gasteiger partial charge in [0.2, 0.25) is 0 Å². The third-order valence-corrected chi connectivity index (χ3v) is 11.1. The number of para-hydroxylation sites is 1. The summed E-state index contributed by atoms with van der Waals surface area (Å²) in [6, 6.07) is 70.4. The number of furan rings is 1. The molecule has 0 aliphatic rings. The second-order valence-corrected chi connectivity index (χ2v) is 14.4. The minimum Gasteiger partial charge on any atom is -0.456 e. The van der Waals surface area contributed by atoms with E-state index in [2.05, 4.69) is 199 Å². The number of nitrogens with zero attached hydrogens (tertiary/aromatic N) is 1. The van der Waals surface area contributed by atoms with Gasteiger partial charge in [0.1, 0.15) is 11.2 Å².